The van der Waals surface area contributed by atoms with Crippen molar-refractivity contribution in [2.24, 2.45) is 5.92 Å². The summed E-state index contributed by atoms with van der Waals surface area (Å²) in [5.74, 6) is -1.36. The van der Waals surface area contributed by atoms with Crippen molar-refractivity contribution in [3.05, 3.63) is 34.9 Å². The minimum Gasteiger partial charge on any atom is -0.459 e. The van der Waals surface area contributed by atoms with Gasteiger partial charge in [-0.15, -0.1) is 0 Å². The number of carbonyl (C=O) groups is 2. The van der Waals surface area contributed by atoms with Crippen LogP contribution in [0.3, 0.4) is 0 Å². The molecule has 27 heavy (non-hydrogen) atoms. The fraction of sp³-hybridized carbons (Fsp3) is 0.579. The van der Waals surface area contributed by atoms with Gasteiger partial charge in [0.1, 0.15) is 11.1 Å². The molecule has 1 aliphatic heterocycles. The van der Waals surface area contributed by atoms with Crippen LogP contribution < -0.4 is 0 Å². The lowest BCUT2D eigenvalue weighted by molar-refractivity contribution is -0.169. The van der Waals surface area contributed by atoms with E-state index < -0.39 is 35.8 Å². The molecule has 1 aromatic rings. The predicted octanol–water partition coefficient (Wildman–Crippen LogP) is 2.68. The van der Waals surface area contributed by atoms with Crippen molar-refractivity contribution in [3.8, 4) is 0 Å². The standard InChI is InChI=1S/C19H24ClFN2O4/c1-18(2,3)27-17(26)19-9-13(19)8-15(22(19)11-24)16(25)23(21)10-12-5-4-6-14(20)7-12/h4-7,13,15,24H,8-11H2,1-3H3/t13-,15+,19+/m1/s1. The number of hydrogen-bond acceptors (Lipinski definition) is 5. The third kappa shape index (κ3) is 3.81. The number of likely N-dealkylation sites (tertiary alicyclic amines) is 1. The molecule has 8 heteroatoms. The molecule has 3 rings (SSSR count). The van der Waals surface area contributed by atoms with Crippen LogP contribution in [0.4, 0.5) is 4.48 Å². The van der Waals surface area contributed by atoms with E-state index in [0.717, 1.165) is 0 Å². The molecule has 148 valence electrons. The summed E-state index contributed by atoms with van der Waals surface area (Å²) in [4.78, 5) is 26.7. The lowest BCUT2D eigenvalue weighted by Crippen LogP contribution is -2.53. The van der Waals surface area contributed by atoms with Crippen LogP contribution in [-0.2, 0) is 20.9 Å². The largest absolute Gasteiger partial charge is 0.459 e. The molecule has 1 N–H and O–H groups in total. The lowest BCUT2D eigenvalue weighted by Gasteiger charge is -2.32. The van der Waals surface area contributed by atoms with Gasteiger partial charge in [-0.3, -0.25) is 14.5 Å². The molecule has 2 fully saturated rings. The van der Waals surface area contributed by atoms with Gasteiger partial charge in [-0.05, 0) is 57.2 Å². The number of esters is 1. The summed E-state index contributed by atoms with van der Waals surface area (Å²) >= 11 is 5.89. The number of rotatable bonds is 5. The number of aliphatic hydroxyl groups is 1. The van der Waals surface area contributed by atoms with Crippen LogP contribution in [0.25, 0.3) is 0 Å². The Kier molecular flexibility index (Phi) is 5.22. The molecule has 0 spiro atoms. The van der Waals surface area contributed by atoms with Crippen molar-refractivity contribution in [3.63, 3.8) is 0 Å². The highest BCUT2D eigenvalue weighted by molar-refractivity contribution is 6.30. The zero-order valence-electron chi connectivity index (χ0n) is 15.6. The zero-order valence-corrected chi connectivity index (χ0v) is 16.4. The van der Waals surface area contributed by atoms with E-state index in [9.17, 15) is 19.2 Å². The van der Waals surface area contributed by atoms with E-state index >= 15 is 0 Å². The molecule has 1 saturated carbocycles. The molecule has 0 unspecified atom stereocenters. The number of hydrogen-bond donors (Lipinski definition) is 1. The minimum atomic E-state index is -1.03. The second-order valence-corrected chi connectivity index (χ2v) is 8.61. The van der Waals surface area contributed by atoms with Crippen molar-refractivity contribution in [1.29, 1.82) is 0 Å². The Bertz CT molecular complexity index is 753. The van der Waals surface area contributed by atoms with E-state index in [1.54, 1.807) is 45.0 Å². The summed E-state index contributed by atoms with van der Waals surface area (Å²) in [6.07, 6.45) is 0.821. The van der Waals surface area contributed by atoms with E-state index in [1.807, 2.05) is 0 Å². The van der Waals surface area contributed by atoms with Gasteiger partial charge in [-0.2, -0.15) is 5.12 Å². The second-order valence-electron chi connectivity index (χ2n) is 8.18. The molecule has 0 bridgehead atoms. The van der Waals surface area contributed by atoms with Gasteiger partial charge in [0.15, 0.2) is 0 Å². The highest BCUT2D eigenvalue weighted by atomic mass is 35.5. The summed E-state index contributed by atoms with van der Waals surface area (Å²) < 4.78 is 20.0. The first-order valence-electron chi connectivity index (χ1n) is 8.91. The van der Waals surface area contributed by atoms with Crippen LogP contribution >= 0.6 is 11.6 Å². The molecule has 6 nitrogen and oxygen atoms in total. The van der Waals surface area contributed by atoms with Crippen LogP contribution in [0.1, 0.15) is 39.2 Å². The zero-order chi connectivity index (χ0) is 20.0. The number of carbonyl (C=O) groups excluding carboxylic acids is 2. The van der Waals surface area contributed by atoms with Gasteiger partial charge in [0, 0.05) is 5.02 Å². The molecule has 0 aromatic heterocycles. The van der Waals surface area contributed by atoms with Crippen molar-refractivity contribution in [1.82, 2.24) is 10.0 Å². The number of benzene rings is 1. The third-order valence-electron chi connectivity index (χ3n) is 5.11. The molecule has 1 amide bonds. The average molecular weight is 399 g/mol. The topological polar surface area (TPSA) is 70.1 Å². The number of piperidine rings is 1. The van der Waals surface area contributed by atoms with Gasteiger partial charge in [-0.1, -0.05) is 28.2 Å². The monoisotopic (exact) mass is 398 g/mol. The van der Waals surface area contributed by atoms with Gasteiger partial charge in [-0.25, -0.2) is 0 Å². The fourth-order valence-corrected chi connectivity index (χ4v) is 4.06. The summed E-state index contributed by atoms with van der Waals surface area (Å²) in [6, 6.07) is 5.70. The normalized spacial score (nSPS) is 27.2. The lowest BCUT2D eigenvalue weighted by atomic mass is 10.1. The van der Waals surface area contributed by atoms with Crippen LogP contribution in [0, 0.1) is 5.92 Å². The average Bonchev–Trinajstić information content (AvgIpc) is 3.19. The minimum absolute atomic E-state index is 0.118. The molecular weight excluding hydrogens is 375 g/mol. The second kappa shape index (κ2) is 7.04. The Labute approximate surface area is 162 Å². The van der Waals surface area contributed by atoms with Crippen LogP contribution in [0.15, 0.2) is 24.3 Å². The number of halogens is 2. The van der Waals surface area contributed by atoms with Crippen LogP contribution in [0.5, 0.6) is 0 Å². The number of amides is 1. The van der Waals surface area contributed by atoms with Crippen molar-refractivity contribution >= 4 is 23.5 Å². The Morgan fingerprint density at radius 2 is 2.15 bits per heavy atom. The van der Waals surface area contributed by atoms with Crippen LogP contribution in [0.2, 0.25) is 5.02 Å². The quantitative estimate of drug-likeness (QED) is 0.610. The first kappa shape index (κ1) is 20.0. The molecular formula is C19H24ClFN2O4. The summed E-state index contributed by atoms with van der Waals surface area (Å²) in [5, 5.41) is 10.4. The molecule has 3 atom stereocenters. The smallest absolute Gasteiger partial charge is 0.327 e. The highest BCUT2D eigenvalue weighted by Gasteiger charge is 2.72. The Morgan fingerprint density at radius 1 is 1.44 bits per heavy atom. The SMILES string of the molecule is CC(C)(C)OC(=O)[C@]12C[C@H]1C[C@@H](C(=O)N(F)Cc1cccc(Cl)c1)N2CO. The predicted molar refractivity (Wildman–Crippen MR) is 97.1 cm³/mol. The number of ether oxygens (including phenoxy) is 1. The number of fused-ring (bicyclic) bond motifs is 1. The summed E-state index contributed by atoms with van der Waals surface area (Å²) in [7, 11) is 0. The molecule has 1 aromatic carbocycles. The molecule has 2 aliphatic rings. The van der Waals surface area contributed by atoms with Crippen molar-refractivity contribution < 1.29 is 23.9 Å². The van der Waals surface area contributed by atoms with Crippen molar-refractivity contribution in [2.45, 2.75) is 57.3 Å². The maximum atomic E-state index is 14.5. The molecule has 1 heterocycles. The van der Waals surface area contributed by atoms with Crippen molar-refractivity contribution in [2.75, 3.05) is 6.73 Å². The van der Waals surface area contributed by atoms with Gasteiger partial charge in [0.25, 0.3) is 5.91 Å². The number of aliphatic hydroxyl groups excluding tert-OH is 1. The first-order valence-corrected chi connectivity index (χ1v) is 9.29. The van der Waals surface area contributed by atoms with Gasteiger partial charge in [0.2, 0.25) is 0 Å². The van der Waals surface area contributed by atoms with E-state index in [0.29, 0.717) is 23.4 Å². The maximum Gasteiger partial charge on any atom is 0.327 e. The molecule has 0 radical (unpaired) electrons. The summed E-state index contributed by atoms with van der Waals surface area (Å²) in [5.41, 5.74) is -1.15. The first-order chi connectivity index (χ1) is 12.6. The highest BCUT2D eigenvalue weighted by Crippen LogP contribution is 2.59. The maximum absolute atomic E-state index is 14.5. The van der Waals surface area contributed by atoms with E-state index in [-0.39, 0.29) is 17.6 Å². The molecule has 1 saturated heterocycles. The van der Waals surface area contributed by atoms with Crippen LogP contribution in [-0.4, -0.2) is 50.9 Å². The Balaban J connectivity index is 1.72. The van der Waals surface area contributed by atoms with Gasteiger partial charge >= 0.3 is 5.97 Å². The van der Waals surface area contributed by atoms with Gasteiger partial charge in [0.05, 0.1) is 19.3 Å². The summed E-state index contributed by atoms with van der Waals surface area (Å²) in [6.45, 7) is 4.51. The van der Waals surface area contributed by atoms with E-state index in [2.05, 4.69) is 0 Å². The third-order valence-corrected chi connectivity index (χ3v) is 5.34. The Morgan fingerprint density at radius 3 is 2.74 bits per heavy atom. The fourth-order valence-electron chi connectivity index (χ4n) is 3.85. The molecule has 1 aliphatic carbocycles. The van der Waals surface area contributed by atoms with E-state index in [1.165, 1.54) is 4.90 Å². The Hall–Kier alpha value is -1.70. The number of nitrogens with zero attached hydrogens (tertiary/aromatic N) is 2. The van der Waals surface area contributed by atoms with E-state index in [4.69, 9.17) is 16.3 Å². The van der Waals surface area contributed by atoms with Gasteiger partial charge < -0.3 is 9.84 Å².